The Kier molecular flexibility index (Phi) is 3.47. The largest absolute Gasteiger partial charge is 0.493 e. The van der Waals surface area contributed by atoms with Gasteiger partial charge in [0.15, 0.2) is 0 Å². The van der Waals surface area contributed by atoms with Crippen LogP contribution in [0.1, 0.15) is 13.8 Å². The summed E-state index contributed by atoms with van der Waals surface area (Å²) in [5.74, 6) is 1.71. The molecule has 0 amide bonds. The van der Waals surface area contributed by atoms with Gasteiger partial charge in [-0.1, -0.05) is 12.1 Å². The molecule has 0 aliphatic heterocycles. The van der Waals surface area contributed by atoms with Crippen molar-refractivity contribution in [3.8, 4) is 11.6 Å². The Morgan fingerprint density at radius 3 is 2.47 bits per heavy atom. The molecule has 17 heavy (non-hydrogen) atoms. The van der Waals surface area contributed by atoms with Crippen molar-refractivity contribution in [3.05, 3.63) is 30.3 Å². The van der Waals surface area contributed by atoms with Crippen LogP contribution < -0.4 is 14.0 Å². The van der Waals surface area contributed by atoms with Crippen LogP contribution in [0.15, 0.2) is 30.3 Å². The molecule has 2 rings (SSSR count). The van der Waals surface area contributed by atoms with Crippen LogP contribution in [0.3, 0.4) is 0 Å². The lowest BCUT2D eigenvalue weighted by atomic mass is 10.2. The van der Waals surface area contributed by atoms with Crippen LogP contribution in [0.4, 0.5) is 0 Å². The van der Waals surface area contributed by atoms with Crippen LogP contribution in [-0.2, 0) is 7.05 Å². The number of rotatable bonds is 4. The van der Waals surface area contributed by atoms with E-state index in [1.54, 1.807) is 0 Å². The van der Waals surface area contributed by atoms with Crippen molar-refractivity contribution in [1.29, 1.82) is 0 Å². The normalized spacial score (nSPS) is 10.5. The van der Waals surface area contributed by atoms with E-state index >= 15 is 0 Å². The Morgan fingerprint density at radius 2 is 1.76 bits per heavy atom. The summed E-state index contributed by atoms with van der Waals surface area (Å²) in [4.78, 5) is 0. The lowest BCUT2D eigenvalue weighted by Gasteiger charge is -2.09. The molecular weight excluding hydrogens is 214 g/mol. The Labute approximate surface area is 102 Å². The first-order valence-electron chi connectivity index (χ1n) is 5.95. The van der Waals surface area contributed by atoms with Gasteiger partial charge in [-0.2, -0.15) is 4.57 Å². The first-order chi connectivity index (χ1) is 8.27. The predicted octanol–water partition coefficient (Wildman–Crippen LogP) is 2.46. The highest BCUT2D eigenvalue weighted by molar-refractivity contribution is 5.82. The molecule has 0 aliphatic rings. The molecule has 0 fully saturated rings. The van der Waals surface area contributed by atoms with Crippen LogP contribution in [0, 0.1) is 0 Å². The van der Waals surface area contributed by atoms with Crippen molar-refractivity contribution in [3.63, 3.8) is 0 Å². The van der Waals surface area contributed by atoms with Crippen LogP contribution in [0.25, 0.3) is 10.9 Å². The molecule has 1 heterocycles. The third-order valence-corrected chi connectivity index (χ3v) is 2.71. The number of ether oxygens (including phenoxy) is 2. The first kappa shape index (κ1) is 11.7. The van der Waals surface area contributed by atoms with E-state index in [4.69, 9.17) is 9.47 Å². The molecule has 0 aliphatic carbocycles. The van der Waals surface area contributed by atoms with Crippen LogP contribution in [0.5, 0.6) is 11.6 Å². The Morgan fingerprint density at radius 1 is 1.06 bits per heavy atom. The highest BCUT2D eigenvalue weighted by Gasteiger charge is 2.17. The maximum absolute atomic E-state index is 5.67. The molecule has 0 radical (unpaired) electrons. The minimum Gasteiger partial charge on any atom is -0.493 e. The average Bonchev–Trinajstić information content (AvgIpc) is 2.36. The third kappa shape index (κ3) is 2.18. The van der Waals surface area contributed by atoms with Crippen LogP contribution >= 0.6 is 0 Å². The molecule has 3 nitrogen and oxygen atoms in total. The molecule has 90 valence electrons. The molecule has 0 bridgehead atoms. The summed E-state index contributed by atoms with van der Waals surface area (Å²) >= 11 is 0. The number of hydrogen-bond acceptors (Lipinski definition) is 2. The topological polar surface area (TPSA) is 22.3 Å². The van der Waals surface area contributed by atoms with E-state index in [-0.39, 0.29) is 0 Å². The summed E-state index contributed by atoms with van der Waals surface area (Å²) in [6.07, 6.45) is 0. The van der Waals surface area contributed by atoms with Crippen molar-refractivity contribution >= 4 is 10.9 Å². The van der Waals surface area contributed by atoms with Crippen molar-refractivity contribution in [1.82, 2.24) is 0 Å². The fourth-order valence-corrected chi connectivity index (χ4v) is 1.94. The second-order valence-corrected chi connectivity index (χ2v) is 3.79. The van der Waals surface area contributed by atoms with Gasteiger partial charge in [-0.05, 0) is 19.9 Å². The maximum Gasteiger partial charge on any atom is 0.371 e. The Bertz CT molecular complexity index is 523. The summed E-state index contributed by atoms with van der Waals surface area (Å²) in [7, 11) is 2.00. The highest BCUT2D eigenvalue weighted by Crippen LogP contribution is 2.26. The monoisotopic (exact) mass is 232 g/mol. The summed E-state index contributed by atoms with van der Waals surface area (Å²) in [6.45, 7) is 5.28. The molecular formula is C14H18NO2+. The minimum absolute atomic E-state index is 0.651. The Balaban J connectivity index is 2.66. The standard InChI is InChI=1S/C14H18NO2/c1-4-16-13-10-14(17-5-2)15(3)12-9-7-6-8-11(12)13/h6-10H,4-5H2,1-3H3/q+1. The predicted molar refractivity (Wildman–Crippen MR) is 67.5 cm³/mol. The molecule has 0 spiro atoms. The number of pyridine rings is 1. The summed E-state index contributed by atoms with van der Waals surface area (Å²) < 4.78 is 13.3. The molecule has 0 unspecified atom stereocenters. The molecule has 0 saturated heterocycles. The van der Waals surface area contributed by atoms with E-state index in [0.717, 1.165) is 22.5 Å². The zero-order chi connectivity index (χ0) is 12.3. The molecule has 0 saturated carbocycles. The molecule has 0 atom stereocenters. The van der Waals surface area contributed by atoms with Crippen molar-refractivity contribution in [2.24, 2.45) is 7.05 Å². The quantitative estimate of drug-likeness (QED) is 0.756. The lowest BCUT2D eigenvalue weighted by molar-refractivity contribution is -0.651. The number of benzene rings is 1. The van der Waals surface area contributed by atoms with Gasteiger partial charge in [-0.25, -0.2) is 0 Å². The van der Waals surface area contributed by atoms with Gasteiger partial charge in [0.2, 0.25) is 5.52 Å². The summed E-state index contributed by atoms with van der Waals surface area (Å²) in [5, 5.41) is 1.11. The second kappa shape index (κ2) is 5.04. The highest BCUT2D eigenvalue weighted by atomic mass is 16.5. The number of aromatic nitrogens is 1. The third-order valence-electron chi connectivity index (χ3n) is 2.71. The lowest BCUT2D eigenvalue weighted by Crippen LogP contribution is -2.32. The number of hydrogen-bond donors (Lipinski definition) is 0. The van der Waals surface area contributed by atoms with E-state index in [0.29, 0.717) is 13.2 Å². The van der Waals surface area contributed by atoms with Gasteiger partial charge < -0.3 is 9.47 Å². The zero-order valence-electron chi connectivity index (χ0n) is 10.6. The fourth-order valence-electron chi connectivity index (χ4n) is 1.94. The van der Waals surface area contributed by atoms with Gasteiger partial charge in [0.1, 0.15) is 12.8 Å². The zero-order valence-corrected chi connectivity index (χ0v) is 10.6. The van der Waals surface area contributed by atoms with Gasteiger partial charge >= 0.3 is 5.88 Å². The Hall–Kier alpha value is -1.77. The van der Waals surface area contributed by atoms with Crippen molar-refractivity contribution < 1.29 is 14.0 Å². The van der Waals surface area contributed by atoms with Crippen molar-refractivity contribution in [2.45, 2.75) is 13.8 Å². The van der Waals surface area contributed by atoms with Crippen LogP contribution in [-0.4, -0.2) is 13.2 Å². The number of aryl methyl sites for hydroxylation is 1. The smallest absolute Gasteiger partial charge is 0.371 e. The second-order valence-electron chi connectivity index (χ2n) is 3.79. The summed E-state index contributed by atoms with van der Waals surface area (Å²) in [5.41, 5.74) is 1.11. The van der Waals surface area contributed by atoms with E-state index in [9.17, 15) is 0 Å². The first-order valence-corrected chi connectivity index (χ1v) is 5.95. The van der Waals surface area contributed by atoms with Crippen molar-refractivity contribution in [2.75, 3.05) is 13.2 Å². The van der Waals surface area contributed by atoms with Gasteiger partial charge in [-0.3, -0.25) is 0 Å². The molecule has 3 heteroatoms. The SMILES string of the molecule is CCOc1cc(OCC)[n+](C)c2ccccc12. The fraction of sp³-hybridized carbons (Fsp3) is 0.357. The van der Waals surface area contributed by atoms with E-state index in [1.807, 2.05) is 43.7 Å². The number of fused-ring (bicyclic) bond motifs is 1. The summed E-state index contributed by atoms with van der Waals surface area (Å²) in [6, 6.07) is 10.1. The van der Waals surface area contributed by atoms with Gasteiger partial charge in [0, 0.05) is 6.07 Å². The van der Waals surface area contributed by atoms with Gasteiger partial charge in [0.25, 0.3) is 0 Å². The van der Waals surface area contributed by atoms with Crippen LogP contribution in [0.2, 0.25) is 0 Å². The molecule has 0 N–H and O–H groups in total. The van der Waals surface area contributed by atoms with E-state index < -0.39 is 0 Å². The van der Waals surface area contributed by atoms with E-state index in [1.165, 1.54) is 0 Å². The molecule has 1 aromatic carbocycles. The molecule has 2 aromatic rings. The van der Waals surface area contributed by atoms with Gasteiger partial charge in [0.05, 0.1) is 24.7 Å². The van der Waals surface area contributed by atoms with E-state index in [2.05, 4.69) is 12.1 Å². The maximum atomic E-state index is 5.67. The number of para-hydroxylation sites is 1. The average molecular weight is 232 g/mol. The number of nitrogens with zero attached hydrogens (tertiary/aromatic N) is 1. The van der Waals surface area contributed by atoms with Gasteiger partial charge in [-0.15, -0.1) is 0 Å². The minimum atomic E-state index is 0.651. The molecule has 1 aromatic heterocycles.